The first-order valence-electron chi connectivity index (χ1n) is 7.14. The van der Waals surface area contributed by atoms with Crippen LogP contribution in [0.2, 0.25) is 0 Å². The number of ketones is 1. The molecule has 0 radical (unpaired) electrons. The zero-order chi connectivity index (χ0) is 14.8. The maximum Gasteiger partial charge on any atom is 0.306 e. The van der Waals surface area contributed by atoms with Gasteiger partial charge in [-0.15, -0.1) is 0 Å². The Hall–Kier alpha value is -1.20. The molecular weight excluding hydrogens is 260 g/mol. The highest BCUT2D eigenvalue weighted by atomic mass is 16.6. The van der Waals surface area contributed by atoms with E-state index in [1.165, 1.54) is 0 Å². The fourth-order valence-electron chi connectivity index (χ4n) is 2.48. The van der Waals surface area contributed by atoms with Crippen molar-refractivity contribution in [2.75, 3.05) is 26.4 Å². The molecule has 0 heterocycles. The number of ether oxygens (including phenoxy) is 2. The molecule has 0 amide bonds. The predicted molar refractivity (Wildman–Crippen MR) is 74.1 cm³/mol. The van der Waals surface area contributed by atoms with Crippen molar-refractivity contribution >= 4 is 11.8 Å². The lowest BCUT2D eigenvalue weighted by Crippen LogP contribution is -2.17. The summed E-state index contributed by atoms with van der Waals surface area (Å²) in [5, 5.41) is 8.52. The van der Waals surface area contributed by atoms with Gasteiger partial charge >= 0.3 is 5.97 Å². The molecule has 1 saturated carbocycles. The molecular formula is C15H24O5. The second-order valence-corrected chi connectivity index (χ2v) is 5.03. The SMILES string of the molecule is CC=CCC1CC(=O)CC1CC(=O)OCCOCCO. The average molecular weight is 284 g/mol. The van der Waals surface area contributed by atoms with Gasteiger partial charge in [-0.25, -0.2) is 0 Å². The van der Waals surface area contributed by atoms with Crippen LogP contribution < -0.4 is 0 Å². The third-order valence-corrected chi connectivity index (χ3v) is 3.48. The molecule has 5 nitrogen and oxygen atoms in total. The maximum absolute atomic E-state index is 11.7. The van der Waals surface area contributed by atoms with Crippen molar-refractivity contribution in [2.45, 2.75) is 32.6 Å². The zero-order valence-electron chi connectivity index (χ0n) is 12.0. The number of hydrogen-bond acceptors (Lipinski definition) is 5. The third kappa shape index (κ3) is 6.30. The van der Waals surface area contributed by atoms with Crippen LogP contribution in [0.4, 0.5) is 0 Å². The fourth-order valence-corrected chi connectivity index (χ4v) is 2.48. The Kier molecular flexibility index (Phi) is 8.14. The van der Waals surface area contributed by atoms with Gasteiger partial charge in [0.25, 0.3) is 0 Å². The minimum Gasteiger partial charge on any atom is -0.463 e. The number of allylic oxidation sites excluding steroid dienone is 2. The Morgan fingerprint density at radius 1 is 1.30 bits per heavy atom. The number of Topliss-reactive ketones (excluding diaryl/α,β-unsaturated/α-hetero) is 1. The molecule has 20 heavy (non-hydrogen) atoms. The molecule has 1 N–H and O–H groups in total. The lowest BCUT2D eigenvalue weighted by atomic mass is 9.90. The molecule has 0 aromatic carbocycles. The number of rotatable bonds is 9. The van der Waals surface area contributed by atoms with Gasteiger partial charge in [0.15, 0.2) is 0 Å². The maximum atomic E-state index is 11.7. The van der Waals surface area contributed by atoms with Crippen LogP contribution in [0.3, 0.4) is 0 Å². The normalized spacial score (nSPS) is 22.6. The van der Waals surface area contributed by atoms with E-state index >= 15 is 0 Å². The van der Waals surface area contributed by atoms with Gasteiger partial charge in [0.05, 0.1) is 19.8 Å². The molecule has 1 fully saturated rings. The molecule has 0 spiro atoms. The second-order valence-electron chi connectivity index (χ2n) is 5.03. The highest BCUT2D eigenvalue weighted by Crippen LogP contribution is 2.34. The van der Waals surface area contributed by atoms with Crippen molar-refractivity contribution in [1.29, 1.82) is 0 Å². The van der Waals surface area contributed by atoms with Crippen LogP contribution in [0, 0.1) is 11.8 Å². The number of esters is 1. The highest BCUT2D eigenvalue weighted by Gasteiger charge is 2.33. The number of aliphatic hydroxyl groups is 1. The van der Waals surface area contributed by atoms with Gasteiger partial charge in [-0.1, -0.05) is 12.2 Å². The topological polar surface area (TPSA) is 72.8 Å². The summed E-state index contributed by atoms with van der Waals surface area (Å²) in [5.41, 5.74) is 0. The average Bonchev–Trinajstić information content (AvgIpc) is 2.76. The van der Waals surface area contributed by atoms with E-state index in [9.17, 15) is 9.59 Å². The third-order valence-electron chi connectivity index (χ3n) is 3.48. The molecule has 2 unspecified atom stereocenters. The molecule has 2 atom stereocenters. The lowest BCUT2D eigenvalue weighted by molar-refractivity contribution is -0.146. The van der Waals surface area contributed by atoms with Crippen LogP contribution in [0.1, 0.15) is 32.6 Å². The molecule has 0 aliphatic heterocycles. The van der Waals surface area contributed by atoms with Crippen LogP contribution in [0.15, 0.2) is 12.2 Å². The summed E-state index contributed by atoms with van der Waals surface area (Å²) in [5.74, 6) is 0.327. The van der Waals surface area contributed by atoms with E-state index in [0.29, 0.717) is 19.3 Å². The van der Waals surface area contributed by atoms with Crippen LogP contribution in [-0.2, 0) is 19.1 Å². The zero-order valence-corrected chi connectivity index (χ0v) is 12.0. The first-order valence-corrected chi connectivity index (χ1v) is 7.14. The number of carbonyl (C=O) groups excluding carboxylic acids is 2. The van der Waals surface area contributed by atoms with E-state index in [-0.39, 0.29) is 50.0 Å². The summed E-state index contributed by atoms with van der Waals surface area (Å²) in [6.45, 7) is 2.65. The monoisotopic (exact) mass is 284 g/mol. The Morgan fingerprint density at radius 2 is 2.05 bits per heavy atom. The minimum absolute atomic E-state index is 0.0369. The van der Waals surface area contributed by atoms with Crippen molar-refractivity contribution < 1.29 is 24.2 Å². The fraction of sp³-hybridized carbons (Fsp3) is 0.733. The first kappa shape index (κ1) is 16.9. The Morgan fingerprint density at radius 3 is 2.75 bits per heavy atom. The van der Waals surface area contributed by atoms with Crippen molar-refractivity contribution in [3.8, 4) is 0 Å². The van der Waals surface area contributed by atoms with E-state index in [2.05, 4.69) is 0 Å². The number of hydrogen-bond donors (Lipinski definition) is 1. The van der Waals surface area contributed by atoms with Gasteiger partial charge in [0.2, 0.25) is 0 Å². The van der Waals surface area contributed by atoms with E-state index in [0.717, 1.165) is 6.42 Å². The molecule has 1 aliphatic carbocycles. The smallest absolute Gasteiger partial charge is 0.306 e. The van der Waals surface area contributed by atoms with Gasteiger partial charge in [-0.3, -0.25) is 9.59 Å². The summed E-state index contributed by atoms with van der Waals surface area (Å²) in [7, 11) is 0. The van der Waals surface area contributed by atoms with E-state index in [4.69, 9.17) is 14.6 Å². The number of carbonyl (C=O) groups is 2. The summed E-state index contributed by atoms with van der Waals surface area (Å²) in [6.07, 6.45) is 6.22. The van der Waals surface area contributed by atoms with E-state index in [1.807, 2.05) is 19.1 Å². The van der Waals surface area contributed by atoms with Gasteiger partial charge in [0, 0.05) is 19.3 Å². The molecule has 0 saturated heterocycles. The Balaban J connectivity index is 2.26. The summed E-state index contributed by atoms with van der Waals surface area (Å²) in [4.78, 5) is 23.2. The lowest BCUT2D eigenvalue weighted by Gasteiger charge is -2.16. The summed E-state index contributed by atoms with van der Waals surface area (Å²) < 4.78 is 10.1. The predicted octanol–water partition coefficient (Wildman–Crippen LogP) is 1.49. The Labute approximate surface area is 119 Å². The van der Waals surface area contributed by atoms with E-state index in [1.54, 1.807) is 0 Å². The molecule has 0 bridgehead atoms. The molecule has 5 heteroatoms. The van der Waals surface area contributed by atoms with Crippen molar-refractivity contribution in [1.82, 2.24) is 0 Å². The molecule has 0 aromatic rings. The molecule has 114 valence electrons. The van der Waals surface area contributed by atoms with Crippen molar-refractivity contribution in [3.63, 3.8) is 0 Å². The van der Waals surface area contributed by atoms with Crippen LogP contribution in [-0.4, -0.2) is 43.3 Å². The molecule has 1 aliphatic rings. The second kappa shape index (κ2) is 9.66. The van der Waals surface area contributed by atoms with E-state index < -0.39 is 0 Å². The molecule has 1 rings (SSSR count). The largest absolute Gasteiger partial charge is 0.463 e. The summed E-state index contributed by atoms with van der Waals surface area (Å²) >= 11 is 0. The van der Waals surface area contributed by atoms with Gasteiger partial charge in [-0.05, 0) is 25.2 Å². The van der Waals surface area contributed by atoms with Crippen LogP contribution >= 0.6 is 0 Å². The van der Waals surface area contributed by atoms with Crippen LogP contribution in [0.5, 0.6) is 0 Å². The van der Waals surface area contributed by atoms with Gasteiger partial charge in [0.1, 0.15) is 12.4 Å². The minimum atomic E-state index is -0.275. The summed E-state index contributed by atoms with van der Waals surface area (Å²) in [6, 6.07) is 0. The van der Waals surface area contributed by atoms with Crippen LogP contribution in [0.25, 0.3) is 0 Å². The standard InChI is InChI=1S/C15H24O5/c1-2-3-4-12-9-14(17)10-13(12)11-15(18)20-8-7-19-6-5-16/h2-3,12-13,16H,4-11H2,1H3. The molecule has 0 aromatic heterocycles. The van der Waals surface area contributed by atoms with Crippen molar-refractivity contribution in [2.24, 2.45) is 11.8 Å². The first-order chi connectivity index (χ1) is 9.67. The number of aliphatic hydroxyl groups excluding tert-OH is 1. The quantitative estimate of drug-likeness (QED) is 0.394. The van der Waals surface area contributed by atoms with Gasteiger partial charge < -0.3 is 14.6 Å². The highest BCUT2D eigenvalue weighted by molar-refractivity contribution is 5.82. The van der Waals surface area contributed by atoms with Crippen molar-refractivity contribution in [3.05, 3.63) is 12.2 Å². The van der Waals surface area contributed by atoms with Gasteiger partial charge in [-0.2, -0.15) is 0 Å². The Bertz CT molecular complexity index is 337.